The fraction of sp³-hybridized carbons (Fsp3) is 0.333. The summed E-state index contributed by atoms with van der Waals surface area (Å²) in [7, 11) is 0. The number of nitrogens with one attached hydrogen (secondary N) is 1. The van der Waals surface area contributed by atoms with Crippen LogP contribution in [0.1, 0.15) is 59.4 Å². The van der Waals surface area contributed by atoms with E-state index in [1.807, 2.05) is 55.5 Å². The van der Waals surface area contributed by atoms with Crippen LogP contribution in [0.3, 0.4) is 0 Å². The number of ether oxygens (including phenoxy) is 1. The summed E-state index contributed by atoms with van der Waals surface area (Å²) < 4.78 is 8.45. The number of aryl methyl sites for hydroxylation is 3. The van der Waals surface area contributed by atoms with Crippen molar-refractivity contribution in [2.24, 2.45) is 0 Å². The fourth-order valence-electron chi connectivity index (χ4n) is 4.68. The van der Waals surface area contributed by atoms with Crippen LogP contribution in [0.15, 0.2) is 85.5 Å². The number of hydrogen-bond acceptors (Lipinski definition) is 3. The Morgan fingerprint density at radius 1 is 0.947 bits per heavy atom. The number of hydrogen-bond donors (Lipinski definition) is 1. The van der Waals surface area contributed by atoms with Crippen LogP contribution in [0.2, 0.25) is 0 Å². The first-order valence-electron chi connectivity index (χ1n) is 13.8. The molecule has 0 aliphatic carbocycles. The predicted molar refractivity (Wildman–Crippen MR) is 156 cm³/mol. The first-order chi connectivity index (χ1) is 18.7. The molecule has 1 aromatic heterocycles. The minimum absolute atomic E-state index is 0.0000319. The van der Waals surface area contributed by atoms with Gasteiger partial charge in [0.1, 0.15) is 11.6 Å². The van der Waals surface area contributed by atoms with Crippen LogP contribution in [0.25, 0.3) is 11.0 Å². The standard InChI is InChI=1S/C33H39N3O2/c1-3-13-27-14-6-9-17-31(27)38-25-12-11-24-36-30-16-8-7-15-29(30)35-32(36)18-5-4-10-23-34-33(37)28-21-19-26(2)20-22-28/h3,6-9,14-17,19-22H,1,4-5,10-13,18,23-25H2,2H3,(H,34,37). The predicted octanol–water partition coefficient (Wildman–Crippen LogP) is 7.08. The van der Waals surface area contributed by atoms with E-state index in [-0.39, 0.29) is 5.91 Å². The third-order valence-electron chi connectivity index (χ3n) is 6.78. The van der Waals surface area contributed by atoms with Crippen molar-refractivity contribution in [1.82, 2.24) is 14.9 Å². The Morgan fingerprint density at radius 3 is 2.58 bits per heavy atom. The molecule has 0 unspecified atom stereocenters. The Morgan fingerprint density at radius 2 is 1.74 bits per heavy atom. The average Bonchev–Trinajstić information content (AvgIpc) is 3.29. The second kappa shape index (κ2) is 14.2. The molecule has 5 nitrogen and oxygen atoms in total. The minimum Gasteiger partial charge on any atom is -0.493 e. The summed E-state index contributed by atoms with van der Waals surface area (Å²) in [5.41, 5.74) is 5.31. The topological polar surface area (TPSA) is 56.1 Å². The van der Waals surface area contributed by atoms with Crippen molar-refractivity contribution in [2.45, 2.75) is 58.4 Å². The molecular formula is C33H39N3O2. The van der Waals surface area contributed by atoms with E-state index in [9.17, 15) is 4.79 Å². The van der Waals surface area contributed by atoms with Crippen molar-refractivity contribution in [3.05, 3.63) is 108 Å². The van der Waals surface area contributed by atoms with Crippen LogP contribution < -0.4 is 10.1 Å². The van der Waals surface area contributed by atoms with Gasteiger partial charge in [0.25, 0.3) is 5.91 Å². The van der Waals surface area contributed by atoms with E-state index in [1.54, 1.807) is 0 Å². The number of para-hydroxylation sites is 3. The van der Waals surface area contributed by atoms with Gasteiger partial charge >= 0.3 is 0 Å². The monoisotopic (exact) mass is 509 g/mol. The van der Waals surface area contributed by atoms with E-state index in [4.69, 9.17) is 9.72 Å². The minimum atomic E-state index is -0.0000319. The molecule has 1 amide bonds. The van der Waals surface area contributed by atoms with Gasteiger partial charge in [0.15, 0.2) is 0 Å². The molecule has 4 aromatic rings. The lowest BCUT2D eigenvalue weighted by Gasteiger charge is -2.12. The molecule has 0 spiro atoms. The van der Waals surface area contributed by atoms with Gasteiger partial charge in [0.2, 0.25) is 0 Å². The highest BCUT2D eigenvalue weighted by Gasteiger charge is 2.11. The molecule has 0 radical (unpaired) electrons. The maximum absolute atomic E-state index is 12.3. The summed E-state index contributed by atoms with van der Waals surface area (Å²) in [5, 5.41) is 3.04. The number of fused-ring (bicyclic) bond motifs is 1. The highest BCUT2D eigenvalue weighted by atomic mass is 16.5. The summed E-state index contributed by atoms with van der Waals surface area (Å²) in [4.78, 5) is 17.2. The zero-order valence-electron chi connectivity index (χ0n) is 22.5. The zero-order chi connectivity index (χ0) is 26.6. The molecule has 0 aliphatic heterocycles. The van der Waals surface area contributed by atoms with Crippen LogP contribution in [0, 0.1) is 6.92 Å². The second-order valence-corrected chi connectivity index (χ2v) is 9.76. The first-order valence-corrected chi connectivity index (χ1v) is 13.8. The Labute approximate surface area is 226 Å². The average molecular weight is 510 g/mol. The number of carbonyl (C=O) groups is 1. The number of nitrogens with zero attached hydrogens (tertiary/aromatic N) is 2. The van der Waals surface area contributed by atoms with E-state index >= 15 is 0 Å². The highest BCUT2D eigenvalue weighted by Crippen LogP contribution is 2.21. The van der Waals surface area contributed by atoms with Crippen molar-refractivity contribution < 1.29 is 9.53 Å². The molecular weight excluding hydrogens is 470 g/mol. The molecule has 38 heavy (non-hydrogen) atoms. The smallest absolute Gasteiger partial charge is 0.251 e. The molecule has 5 heteroatoms. The molecule has 1 heterocycles. The quantitative estimate of drug-likeness (QED) is 0.138. The van der Waals surface area contributed by atoms with E-state index in [0.29, 0.717) is 13.2 Å². The number of unbranched alkanes of at least 4 members (excludes halogenated alkanes) is 3. The molecule has 0 atom stereocenters. The van der Waals surface area contributed by atoms with Crippen LogP contribution >= 0.6 is 0 Å². The molecule has 198 valence electrons. The Kier molecular flexibility index (Phi) is 10.1. The van der Waals surface area contributed by atoms with Gasteiger partial charge in [-0.3, -0.25) is 4.79 Å². The molecule has 3 aromatic carbocycles. The molecule has 1 N–H and O–H groups in total. The van der Waals surface area contributed by atoms with Gasteiger partial charge in [-0.05, 0) is 74.9 Å². The van der Waals surface area contributed by atoms with E-state index < -0.39 is 0 Å². The van der Waals surface area contributed by atoms with Crippen molar-refractivity contribution in [3.8, 4) is 5.75 Å². The number of aromatic nitrogens is 2. The number of amides is 1. The van der Waals surface area contributed by atoms with Gasteiger partial charge in [-0.2, -0.15) is 0 Å². The van der Waals surface area contributed by atoms with Crippen LogP contribution in [-0.2, 0) is 19.4 Å². The maximum Gasteiger partial charge on any atom is 0.251 e. The van der Waals surface area contributed by atoms with Crippen molar-refractivity contribution in [3.63, 3.8) is 0 Å². The van der Waals surface area contributed by atoms with Crippen molar-refractivity contribution in [1.29, 1.82) is 0 Å². The number of carbonyl (C=O) groups excluding carboxylic acids is 1. The molecule has 0 saturated carbocycles. The lowest BCUT2D eigenvalue weighted by atomic mass is 10.1. The third kappa shape index (κ3) is 7.58. The number of imidazole rings is 1. The van der Waals surface area contributed by atoms with E-state index in [1.165, 1.54) is 11.1 Å². The molecule has 0 saturated heterocycles. The highest BCUT2D eigenvalue weighted by molar-refractivity contribution is 5.94. The Balaban J connectivity index is 1.22. The zero-order valence-corrected chi connectivity index (χ0v) is 22.5. The molecule has 0 aliphatic rings. The SMILES string of the molecule is C=CCc1ccccc1OCCCCn1c(CCCCCNC(=O)c2ccc(C)cc2)nc2ccccc21. The second-order valence-electron chi connectivity index (χ2n) is 9.76. The fourth-order valence-corrected chi connectivity index (χ4v) is 4.68. The van der Waals surface area contributed by atoms with Gasteiger partial charge in [-0.25, -0.2) is 4.98 Å². The third-order valence-corrected chi connectivity index (χ3v) is 6.78. The molecule has 4 rings (SSSR count). The Hall–Kier alpha value is -3.86. The van der Waals surface area contributed by atoms with Crippen LogP contribution in [-0.4, -0.2) is 28.6 Å². The summed E-state index contributed by atoms with van der Waals surface area (Å²) in [6, 6.07) is 24.3. The van der Waals surface area contributed by atoms with Gasteiger partial charge in [-0.15, -0.1) is 6.58 Å². The Bertz CT molecular complexity index is 1320. The number of rotatable bonds is 15. The summed E-state index contributed by atoms with van der Waals surface area (Å²) >= 11 is 0. The van der Waals surface area contributed by atoms with Crippen LogP contribution in [0.4, 0.5) is 0 Å². The van der Waals surface area contributed by atoms with Crippen molar-refractivity contribution >= 4 is 16.9 Å². The van der Waals surface area contributed by atoms with Gasteiger partial charge in [0, 0.05) is 25.1 Å². The van der Waals surface area contributed by atoms with E-state index in [2.05, 4.69) is 46.8 Å². The van der Waals surface area contributed by atoms with Gasteiger partial charge < -0.3 is 14.6 Å². The lowest BCUT2D eigenvalue weighted by Crippen LogP contribution is -2.24. The largest absolute Gasteiger partial charge is 0.493 e. The summed E-state index contributed by atoms with van der Waals surface area (Å²) in [6.07, 6.45) is 8.74. The number of benzene rings is 3. The summed E-state index contributed by atoms with van der Waals surface area (Å²) in [5.74, 6) is 2.10. The van der Waals surface area contributed by atoms with Crippen LogP contribution in [0.5, 0.6) is 5.75 Å². The maximum atomic E-state index is 12.3. The van der Waals surface area contributed by atoms with Gasteiger partial charge in [-0.1, -0.05) is 60.5 Å². The lowest BCUT2D eigenvalue weighted by molar-refractivity contribution is 0.0953. The van der Waals surface area contributed by atoms with Crippen molar-refractivity contribution in [2.75, 3.05) is 13.2 Å². The van der Waals surface area contributed by atoms with E-state index in [0.717, 1.165) is 79.7 Å². The number of allylic oxidation sites excluding steroid dienone is 1. The molecule has 0 fully saturated rings. The summed E-state index contributed by atoms with van der Waals surface area (Å²) in [6.45, 7) is 8.19. The first kappa shape index (κ1) is 27.2. The van der Waals surface area contributed by atoms with Gasteiger partial charge in [0.05, 0.1) is 17.6 Å². The normalized spacial score (nSPS) is 11.0. The molecule has 0 bridgehead atoms.